The maximum absolute atomic E-state index is 13.2. The van der Waals surface area contributed by atoms with E-state index >= 15 is 0 Å². The van der Waals surface area contributed by atoms with Crippen molar-refractivity contribution >= 4 is 5.91 Å². The normalized spacial score (nSPS) is 25.3. The van der Waals surface area contributed by atoms with Crippen LogP contribution in [0.15, 0.2) is 30.3 Å². The van der Waals surface area contributed by atoms with Crippen molar-refractivity contribution in [3.8, 4) is 0 Å². The van der Waals surface area contributed by atoms with Gasteiger partial charge in [0.15, 0.2) is 6.10 Å². The van der Waals surface area contributed by atoms with Gasteiger partial charge in [-0.05, 0) is 37.8 Å². The standard InChI is InChI=1S/C19H28N2O2/c1-3-11-21(14-15-9-10-15)19(22)18-17(20(2)12-13-23-18)16-7-5-4-6-8-16/h4-8,15,17-18H,3,9-14H2,1-2H3/t17-,18+/m0/s1. The molecule has 0 N–H and O–H groups in total. The average molecular weight is 316 g/mol. The van der Waals surface area contributed by atoms with E-state index < -0.39 is 0 Å². The first-order chi connectivity index (χ1) is 11.2. The largest absolute Gasteiger partial charge is 0.365 e. The lowest BCUT2D eigenvalue weighted by Crippen LogP contribution is -2.52. The highest BCUT2D eigenvalue weighted by Gasteiger charge is 2.39. The van der Waals surface area contributed by atoms with E-state index in [2.05, 4.69) is 31.0 Å². The lowest BCUT2D eigenvalue weighted by Gasteiger charge is -2.40. The van der Waals surface area contributed by atoms with Crippen molar-refractivity contribution in [3.05, 3.63) is 35.9 Å². The SMILES string of the molecule is CCCN(CC1CC1)C(=O)[C@@H]1OCCN(C)[C@H]1c1ccccc1. The highest BCUT2D eigenvalue weighted by atomic mass is 16.5. The van der Waals surface area contributed by atoms with Gasteiger partial charge in [-0.15, -0.1) is 0 Å². The second-order valence-electron chi connectivity index (χ2n) is 6.86. The molecule has 2 atom stereocenters. The van der Waals surface area contributed by atoms with Crippen LogP contribution in [0.2, 0.25) is 0 Å². The molecular weight excluding hydrogens is 288 g/mol. The third kappa shape index (κ3) is 3.93. The maximum Gasteiger partial charge on any atom is 0.253 e. The van der Waals surface area contributed by atoms with Gasteiger partial charge in [0.25, 0.3) is 5.91 Å². The van der Waals surface area contributed by atoms with Crippen LogP contribution in [-0.4, -0.2) is 55.1 Å². The number of ether oxygens (including phenoxy) is 1. The molecule has 23 heavy (non-hydrogen) atoms. The van der Waals surface area contributed by atoms with E-state index in [9.17, 15) is 4.79 Å². The number of carbonyl (C=O) groups excluding carboxylic acids is 1. The number of morpholine rings is 1. The second kappa shape index (κ2) is 7.45. The summed E-state index contributed by atoms with van der Waals surface area (Å²) >= 11 is 0. The molecule has 3 rings (SSSR count). The summed E-state index contributed by atoms with van der Waals surface area (Å²) in [6.45, 7) is 5.35. The van der Waals surface area contributed by atoms with Gasteiger partial charge in [0.05, 0.1) is 12.6 Å². The van der Waals surface area contributed by atoms with Gasteiger partial charge >= 0.3 is 0 Å². The van der Waals surface area contributed by atoms with E-state index in [1.165, 1.54) is 12.8 Å². The zero-order valence-electron chi connectivity index (χ0n) is 14.3. The number of carbonyl (C=O) groups is 1. The summed E-state index contributed by atoms with van der Waals surface area (Å²) in [6, 6.07) is 10.3. The van der Waals surface area contributed by atoms with Crippen molar-refractivity contribution in [3.63, 3.8) is 0 Å². The van der Waals surface area contributed by atoms with Gasteiger partial charge in [0.2, 0.25) is 0 Å². The molecule has 126 valence electrons. The summed E-state index contributed by atoms with van der Waals surface area (Å²) in [4.78, 5) is 17.4. The highest BCUT2D eigenvalue weighted by molar-refractivity contribution is 5.82. The third-order valence-electron chi connectivity index (χ3n) is 4.87. The Kier molecular flexibility index (Phi) is 5.34. The Morgan fingerprint density at radius 1 is 1.30 bits per heavy atom. The number of hydrogen-bond acceptors (Lipinski definition) is 3. The molecule has 0 radical (unpaired) electrons. The Labute approximate surface area is 139 Å². The molecule has 1 aromatic rings. The Morgan fingerprint density at radius 2 is 2.04 bits per heavy atom. The smallest absolute Gasteiger partial charge is 0.253 e. The summed E-state index contributed by atoms with van der Waals surface area (Å²) in [7, 11) is 2.09. The van der Waals surface area contributed by atoms with E-state index in [-0.39, 0.29) is 18.1 Å². The van der Waals surface area contributed by atoms with E-state index in [0.29, 0.717) is 12.5 Å². The molecule has 2 fully saturated rings. The topological polar surface area (TPSA) is 32.8 Å². The Hall–Kier alpha value is -1.39. The van der Waals surface area contributed by atoms with E-state index in [1.807, 2.05) is 23.1 Å². The molecule has 4 nitrogen and oxygen atoms in total. The van der Waals surface area contributed by atoms with Crippen LogP contribution in [0.4, 0.5) is 0 Å². The van der Waals surface area contributed by atoms with Crippen LogP contribution in [-0.2, 0) is 9.53 Å². The molecule has 1 amide bonds. The van der Waals surface area contributed by atoms with Gasteiger partial charge in [-0.1, -0.05) is 37.3 Å². The van der Waals surface area contributed by atoms with E-state index in [0.717, 1.165) is 31.6 Å². The number of nitrogens with zero attached hydrogens (tertiary/aromatic N) is 2. The van der Waals surface area contributed by atoms with Crippen LogP contribution >= 0.6 is 0 Å². The first-order valence-corrected chi connectivity index (χ1v) is 8.86. The monoisotopic (exact) mass is 316 g/mol. The molecule has 1 aliphatic carbocycles. The molecule has 0 bridgehead atoms. The van der Waals surface area contributed by atoms with Crippen molar-refractivity contribution in [2.45, 2.75) is 38.3 Å². The molecule has 0 aromatic heterocycles. The molecule has 4 heteroatoms. The fraction of sp³-hybridized carbons (Fsp3) is 0.632. The van der Waals surface area contributed by atoms with Crippen LogP contribution in [0.25, 0.3) is 0 Å². The highest BCUT2D eigenvalue weighted by Crippen LogP contribution is 2.33. The first-order valence-electron chi connectivity index (χ1n) is 8.86. The minimum absolute atomic E-state index is 0.0102. The predicted molar refractivity (Wildman–Crippen MR) is 91.1 cm³/mol. The van der Waals surface area contributed by atoms with Gasteiger partial charge in [0.1, 0.15) is 0 Å². The van der Waals surface area contributed by atoms with Crippen molar-refractivity contribution in [2.75, 3.05) is 33.3 Å². The van der Waals surface area contributed by atoms with Gasteiger partial charge < -0.3 is 9.64 Å². The van der Waals surface area contributed by atoms with Crippen LogP contribution in [0, 0.1) is 5.92 Å². The summed E-state index contributed by atoms with van der Waals surface area (Å²) < 4.78 is 5.97. The molecule has 1 saturated heterocycles. The van der Waals surface area contributed by atoms with E-state index in [1.54, 1.807) is 0 Å². The lowest BCUT2D eigenvalue weighted by molar-refractivity contribution is -0.155. The van der Waals surface area contributed by atoms with Gasteiger partial charge in [-0.3, -0.25) is 9.69 Å². The Balaban J connectivity index is 1.80. The van der Waals surface area contributed by atoms with Crippen molar-refractivity contribution in [1.82, 2.24) is 9.80 Å². The van der Waals surface area contributed by atoms with Crippen LogP contribution in [0.3, 0.4) is 0 Å². The fourth-order valence-electron chi connectivity index (χ4n) is 3.42. The zero-order valence-corrected chi connectivity index (χ0v) is 14.3. The zero-order chi connectivity index (χ0) is 16.2. The maximum atomic E-state index is 13.2. The van der Waals surface area contributed by atoms with Gasteiger partial charge in [0, 0.05) is 19.6 Å². The number of likely N-dealkylation sites (N-methyl/N-ethyl adjacent to an activating group) is 1. The summed E-state index contributed by atoms with van der Waals surface area (Å²) in [5, 5.41) is 0. The summed E-state index contributed by atoms with van der Waals surface area (Å²) in [5.74, 6) is 0.876. The molecule has 0 unspecified atom stereocenters. The van der Waals surface area contributed by atoms with Crippen LogP contribution < -0.4 is 0 Å². The van der Waals surface area contributed by atoms with Crippen molar-refractivity contribution in [1.29, 1.82) is 0 Å². The molecule has 1 aliphatic heterocycles. The van der Waals surface area contributed by atoms with Crippen molar-refractivity contribution < 1.29 is 9.53 Å². The molecule has 2 aliphatic rings. The summed E-state index contributed by atoms with van der Waals surface area (Å²) in [5.41, 5.74) is 1.16. The molecule has 1 aromatic carbocycles. The fourth-order valence-corrected chi connectivity index (χ4v) is 3.42. The molecule has 1 saturated carbocycles. The quantitative estimate of drug-likeness (QED) is 0.809. The van der Waals surface area contributed by atoms with E-state index in [4.69, 9.17) is 4.74 Å². The minimum Gasteiger partial charge on any atom is -0.365 e. The molecule has 0 spiro atoms. The minimum atomic E-state index is -0.388. The van der Waals surface area contributed by atoms with Crippen molar-refractivity contribution in [2.24, 2.45) is 5.92 Å². The number of hydrogen-bond donors (Lipinski definition) is 0. The number of benzene rings is 1. The van der Waals surface area contributed by atoms with Gasteiger partial charge in [-0.25, -0.2) is 0 Å². The second-order valence-corrected chi connectivity index (χ2v) is 6.86. The molecular formula is C19H28N2O2. The van der Waals surface area contributed by atoms with Crippen LogP contribution in [0.1, 0.15) is 37.8 Å². The molecule has 1 heterocycles. The Morgan fingerprint density at radius 3 is 2.70 bits per heavy atom. The Bertz CT molecular complexity index is 515. The predicted octanol–water partition coefficient (Wildman–Crippen LogP) is 2.71. The third-order valence-corrected chi connectivity index (χ3v) is 4.87. The lowest BCUT2D eigenvalue weighted by atomic mass is 9.97. The summed E-state index contributed by atoms with van der Waals surface area (Å²) in [6.07, 6.45) is 3.14. The van der Waals surface area contributed by atoms with Crippen LogP contribution in [0.5, 0.6) is 0 Å². The van der Waals surface area contributed by atoms with Gasteiger partial charge in [-0.2, -0.15) is 0 Å². The first kappa shape index (κ1) is 16.5. The average Bonchev–Trinajstić information content (AvgIpc) is 3.38. The number of amides is 1. The number of rotatable bonds is 6.